The van der Waals surface area contributed by atoms with Gasteiger partial charge in [-0.1, -0.05) is 0 Å². The Labute approximate surface area is 140 Å². The molecule has 1 saturated heterocycles. The van der Waals surface area contributed by atoms with Crippen LogP contribution in [0.1, 0.15) is 6.23 Å². The summed E-state index contributed by atoms with van der Waals surface area (Å²) in [7, 11) is 1.22. The van der Waals surface area contributed by atoms with E-state index in [0.717, 1.165) is 0 Å². The fourth-order valence-electron chi connectivity index (χ4n) is 2.86. The van der Waals surface area contributed by atoms with Crippen molar-refractivity contribution in [2.75, 3.05) is 26.0 Å². The molecule has 4 atom stereocenters. The molecule has 6 N–H and O–H groups in total. The lowest BCUT2D eigenvalue weighted by molar-refractivity contribution is -0.0492. The Balaban J connectivity index is 1.90. The first-order chi connectivity index (χ1) is 12.0. The van der Waals surface area contributed by atoms with Crippen LogP contribution in [-0.2, 0) is 9.47 Å². The number of aliphatic hydroxyl groups is 2. The third kappa shape index (κ3) is 3.01. The second-order valence-corrected chi connectivity index (χ2v) is 5.55. The molecule has 0 radical (unpaired) electrons. The lowest BCUT2D eigenvalue weighted by Crippen LogP contribution is -2.39. The number of aromatic amines is 1. The molecule has 2 aromatic heterocycles. The van der Waals surface area contributed by atoms with E-state index in [2.05, 4.69) is 25.0 Å². The number of aliphatic hydroxyl groups excluding tert-OH is 2. The average molecular weight is 354 g/mol. The molecule has 0 bridgehead atoms. The van der Waals surface area contributed by atoms with E-state index in [1.165, 1.54) is 18.0 Å². The van der Waals surface area contributed by atoms with Crippen molar-refractivity contribution in [3.05, 3.63) is 16.7 Å². The molecular formula is C13H18N6O6. The second-order valence-electron chi connectivity index (χ2n) is 5.55. The van der Waals surface area contributed by atoms with Crippen LogP contribution in [0.25, 0.3) is 11.2 Å². The molecule has 25 heavy (non-hydrogen) atoms. The lowest BCUT2D eigenvalue weighted by Gasteiger charge is -2.19. The van der Waals surface area contributed by atoms with Crippen LogP contribution in [0.3, 0.4) is 0 Å². The Kier molecular flexibility index (Phi) is 4.57. The maximum atomic E-state index is 11.8. The van der Waals surface area contributed by atoms with Gasteiger partial charge in [-0.15, -0.1) is 0 Å². The van der Waals surface area contributed by atoms with Gasteiger partial charge in [0.25, 0.3) is 5.56 Å². The zero-order chi connectivity index (χ0) is 18.1. The van der Waals surface area contributed by atoms with E-state index in [1.807, 2.05) is 0 Å². The van der Waals surface area contributed by atoms with Gasteiger partial charge in [-0.2, -0.15) is 4.98 Å². The number of hydrogen-bond donors (Lipinski definition) is 5. The van der Waals surface area contributed by atoms with Crippen LogP contribution in [0.4, 0.5) is 10.7 Å². The van der Waals surface area contributed by atoms with Gasteiger partial charge in [0.15, 0.2) is 17.4 Å². The number of imidazole rings is 1. The smallest absolute Gasteiger partial charge is 0.406 e. The number of anilines is 1. The van der Waals surface area contributed by atoms with E-state index in [1.54, 1.807) is 0 Å². The molecule has 1 amide bonds. The molecule has 136 valence electrons. The van der Waals surface area contributed by atoms with Gasteiger partial charge in [-0.25, -0.2) is 9.78 Å². The average Bonchev–Trinajstić information content (AvgIpc) is 3.13. The number of H-pyrrole nitrogens is 1. The van der Waals surface area contributed by atoms with Gasteiger partial charge in [0.1, 0.15) is 6.10 Å². The highest BCUT2D eigenvalue weighted by atomic mass is 16.5. The third-order valence-electron chi connectivity index (χ3n) is 4.09. The molecule has 0 aliphatic carbocycles. The molecule has 0 unspecified atom stereocenters. The predicted octanol–water partition coefficient (Wildman–Crippen LogP) is -2.08. The van der Waals surface area contributed by atoms with E-state index in [4.69, 9.17) is 10.5 Å². The number of alkyl carbamates (subject to hydrolysis) is 1. The van der Waals surface area contributed by atoms with Crippen molar-refractivity contribution < 1.29 is 24.5 Å². The standard InChI is InChI=1S/C13H18N6O6/c1-24-13(23)15-2-5-6(3-20)25-11(8(5)21)19-4-16-7-9(19)17-12(14)18-10(7)22/h4-6,8,11,20-21H,2-3H2,1H3,(H,15,23)(H3,14,17,18,22)/t5-,6-,8-,11-/m1/s1. The fourth-order valence-corrected chi connectivity index (χ4v) is 2.86. The summed E-state index contributed by atoms with van der Waals surface area (Å²) in [5, 5.41) is 22.5. The summed E-state index contributed by atoms with van der Waals surface area (Å²) in [5.41, 5.74) is 5.22. The summed E-state index contributed by atoms with van der Waals surface area (Å²) in [4.78, 5) is 33.4. The predicted molar refractivity (Wildman–Crippen MR) is 83.5 cm³/mol. The number of aromatic nitrogens is 4. The van der Waals surface area contributed by atoms with Crippen molar-refractivity contribution in [2.45, 2.75) is 18.4 Å². The third-order valence-corrected chi connectivity index (χ3v) is 4.09. The van der Waals surface area contributed by atoms with E-state index < -0.39 is 36.0 Å². The Bertz CT molecular complexity index is 834. The van der Waals surface area contributed by atoms with Crippen LogP contribution in [-0.4, -0.2) is 68.3 Å². The summed E-state index contributed by atoms with van der Waals surface area (Å²) < 4.78 is 11.5. The van der Waals surface area contributed by atoms with Crippen molar-refractivity contribution in [1.29, 1.82) is 0 Å². The van der Waals surface area contributed by atoms with Gasteiger partial charge in [0.05, 0.1) is 26.1 Å². The minimum Gasteiger partial charge on any atom is -0.453 e. The van der Waals surface area contributed by atoms with Crippen molar-refractivity contribution in [2.24, 2.45) is 5.92 Å². The molecule has 0 saturated carbocycles. The van der Waals surface area contributed by atoms with Gasteiger partial charge in [0.2, 0.25) is 5.95 Å². The number of ether oxygens (including phenoxy) is 2. The van der Waals surface area contributed by atoms with Crippen LogP contribution in [0.15, 0.2) is 11.1 Å². The first kappa shape index (κ1) is 17.1. The number of methoxy groups -OCH3 is 1. The highest BCUT2D eigenvalue weighted by Gasteiger charge is 2.45. The largest absolute Gasteiger partial charge is 0.453 e. The molecular weight excluding hydrogens is 336 g/mol. The zero-order valence-corrected chi connectivity index (χ0v) is 13.2. The number of nitrogens with two attached hydrogens (primary N) is 1. The van der Waals surface area contributed by atoms with E-state index in [9.17, 15) is 19.8 Å². The number of amides is 1. The molecule has 3 heterocycles. The number of hydrogen-bond acceptors (Lipinski definition) is 9. The molecule has 1 aliphatic rings. The number of fused-ring (bicyclic) bond motifs is 1. The monoisotopic (exact) mass is 354 g/mol. The SMILES string of the molecule is COC(=O)NC[C@H]1[C@@H](O)[C@H](n2cnc3c(=O)[nH]c(N)nc32)O[C@@H]1CO. The Hall–Kier alpha value is -2.70. The molecule has 2 aromatic rings. The number of rotatable bonds is 4. The van der Waals surface area contributed by atoms with E-state index in [-0.39, 0.29) is 30.3 Å². The second kappa shape index (κ2) is 6.66. The Morgan fingerprint density at radius 1 is 1.60 bits per heavy atom. The molecule has 0 aromatic carbocycles. The van der Waals surface area contributed by atoms with Gasteiger partial charge >= 0.3 is 6.09 Å². The lowest BCUT2D eigenvalue weighted by atomic mass is 9.98. The zero-order valence-electron chi connectivity index (χ0n) is 13.2. The number of nitrogens with one attached hydrogen (secondary N) is 2. The van der Waals surface area contributed by atoms with Gasteiger partial charge in [0, 0.05) is 12.5 Å². The first-order valence-electron chi connectivity index (χ1n) is 7.44. The Morgan fingerprint density at radius 3 is 3.04 bits per heavy atom. The quantitative estimate of drug-likeness (QED) is 0.412. The summed E-state index contributed by atoms with van der Waals surface area (Å²) >= 11 is 0. The van der Waals surface area contributed by atoms with Crippen LogP contribution in [0, 0.1) is 5.92 Å². The summed E-state index contributed by atoms with van der Waals surface area (Å²) in [6.07, 6.45) is -2.17. The molecule has 12 heteroatoms. The van der Waals surface area contributed by atoms with E-state index in [0.29, 0.717) is 0 Å². The minimum absolute atomic E-state index is 0.0261. The van der Waals surface area contributed by atoms with Gasteiger partial charge < -0.3 is 30.7 Å². The summed E-state index contributed by atoms with van der Waals surface area (Å²) in [6, 6.07) is 0. The highest BCUT2D eigenvalue weighted by Crippen LogP contribution is 2.34. The molecule has 12 nitrogen and oxygen atoms in total. The first-order valence-corrected chi connectivity index (χ1v) is 7.44. The number of carbonyl (C=O) groups is 1. The normalized spacial score (nSPS) is 26.0. The van der Waals surface area contributed by atoms with Crippen LogP contribution in [0.5, 0.6) is 0 Å². The van der Waals surface area contributed by atoms with Crippen LogP contribution >= 0.6 is 0 Å². The molecule has 0 spiro atoms. The maximum absolute atomic E-state index is 11.8. The summed E-state index contributed by atoms with van der Waals surface area (Å²) in [6.45, 7) is -0.345. The molecule has 1 aliphatic heterocycles. The van der Waals surface area contributed by atoms with E-state index >= 15 is 0 Å². The van der Waals surface area contributed by atoms with Crippen molar-refractivity contribution in [3.8, 4) is 0 Å². The molecule has 1 fully saturated rings. The van der Waals surface area contributed by atoms with Crippen molar-refractivity contribution in [3.63, 3.8) is 0 Å². The topological polar surface area (TPSA) is 178 Å². The Morgan fingerprint density at radius 2 is 2.36 bits per heavy atom. The number of nitrogen functional groups attached to an aromatic ring is 1. The van der Waals surface area contributed by atoms with Crippen molar-refractivity contribution >= 4 is 23.2 Å². The van der Waals surface area contributed by atoms with Gasteiger partial charge in [-0.05, 0) is 0 Å². The van der Waals surface area contributed by atoms with Crippen LogP contribution < -0.4 is 16.6 Å². The number of carbonyl (C=O) groups excluding carboxylic acids is 1. The minimum atomic E-state index is -1.10. The van der Waals surface area contributed by atoms with Crippen LogP contribution in [0.2, 0.25) is 0 Å². The fraction of sp³-hybridized carbons (Fsp3) is 0.538. The molecule has 3 rings (SSSR count). The summed E-state index contributed by atoms with van der Waals surface area (Å²) in [5.74, 6) is -0.708. The highest BCUT2D eigenvalue weighted by molar-refractivity contribution is 5.70. The van der Waals surface area contributed by atoms with Gasteiger partial charge in [-0.3, -0.25) is 14.3 Å². The number of nitrogens with zero attached hydrogens (tertiary/aromatic N) is 3. The van der Waals surface area contributed by atoms with Crippen molar-refractivity contribution in [1.82, 2.24) is 24.8 Å². The maximum Gasteiger partial charge on any atom is 0.406 e.